The normalized spacial score (nSPS) is 10.1. The molecule has 3 nitrogen and oxygen atoms in total. The molecule has 2 rings (SSSR count). The molecule has 1 amide bonds. The number of aryl methyl sites for hydroxylation is 1. The van der Waals surface area contributed by atoms with Crippen molar-refractivity contribution in [2.75, 3.05) is 6.54 Å². The van der Waals surface area contributed by atoms with E-state index >= 15 is 0 Å². The fourth-order valence-electron chi connectivity index (χ4n) is 1.89. The van der Waals surface area contributed by atoms with E-state index in [1.807, 2.05) is 36.4 Å². The van der Waals surface area contributed by atoms with Crippen molar-refractivity contribution in [2.45, 2.75) is 19.3 Å². The molecule has 0 bridgehead atoms. The van der Waals surface area contributed by atoms with E-state index in [-0.39, 0.29) is 5.91 Å². The number of carbonyl (C=O) groups excluding carboxylic acids is 1. The lowest BCUT2D eigenvalue weighted by Crippen LogP contribution is -2.26. The SMILES string of the molecule is O=C(Cc1ccccn1)NCCCc1ccccc1. The summed E-state index contributed by atoms with van der Waals surface area (Å²) in [5, 5.41) is 2.92. The number of carbonyl (C=O) groups is 1. The smallest absolute Gasteiger partial charge is 0.226 e. The van der Waals surface area contributed by atoms with Crippen molar-refractivity contribution in [1.29, 1.82) is 0 Å². The van der Waals surface area contributed by atoms with E-state index in [2.05, 4.69) is 22.4 Å². The van der Waals surface area contributed by atoms with Crippen LogP contribution in [-0.2, 0) is 17.6 Å². The van der Waals surface area contributed by atoms with E-state index in [1.165, 1.54) is 5.56 Å². The Bertz CT molecular complexity index is 497. The molecule has 3 heteroatoms. The summed E-state index contributed by atoms with van der Waals surface area (Å²) in [5.74, 6) is 0.0340. The Morgan fingerprint density at radius 2 is 1.84 bits per heavy atom. The molecule has 1 heterocycles. The second kappa shape index (κ2) is 7.31. The summed E-state index contributed by atoms with van der Waals surface area (Å²) in [4.78, 5) is 15.8. The summed E-state index contributed by atoms with van der Waals surface area (Å²) in [6, 6.07) is 15.9. The minimum atomic E-state index is 0.0340. The van der Waals surface area contributed by atoms with Crippen LogP contribution in [0.5, 0.6) is 0 Å². The molecule has 0 saturated heterocycles. The Kier molecular flexibility index (Phi) is 5.11. The van der Waals surface area contributed by atoms with Gasteiger partial charge in [0.2, 0.25) is 5.91 Å². The molecule has 0 fully saturated rings. The first-order valence-corrected chi connectivity index (χ1v) is 6.55. The van der Waals surface area contributed by atoms with Crippen LogP contribution in [0, 0.1) is 0 Å². The minimum Gasteiger partial charge on any atom is -0.356 e. The van der Waals surface area contributed by atoms with Gasteiger partial charge >= 0.3 is 0 Å². The van der Waals surface area contributed by atoms with E-state index in [0.29, 0.717) is 13.0 Å². The molecule has 0 atom stereocenters. The number of pyridine rings is 1. The molecule has 0 saturated carbocycles. The first-order valence-electron chi connectivity index (χ1n) is 6.55. The Morgan fingerprint density at radius 1 is 1.05 bits per heavy atom. The third-order valence-electron chi connectivity index (χ3n) is 2.88. The molecule has 98 valence electrons. The number of aromatic nitrogens is 1. The summed E-state index contributed by atoms with van der Waals surface area (Å²) in [5.41, 5.74) is 2.12. The maximum atomic E-state index is 11.7. The first-order chi connectivity index (χ1) is 9.34. The average molecular weight is 254 g/mol. The molecular weight excluding hydrogens is 236 g/mol. The van der Waals surface area contributed by atoms with Gasteiger partial charge in [-0.15, -0.1) is 0 Å². The van der Waals surface area contributed by atoms with Crippen LogP contribution in [0.4, 0.5) is 0 Å². The van der Waals surface area contributed by atoms with Crippen LogP contribution >= 0.6 is 0 Å². The number of nitrogens with one attached hydrogen (secondary N) is 1. The molecule has 0 aliphatic heterocycles. The molecule has 0 aliphatic carbocycles. The summed E-state index contributed by atoms with van der Waals surface area (Å²) >= 11 is 0. The van der Waals surface area contributed by atoms with Crippen molar-refractivity contribution in [1.82, 2.24) is 10.3 Å². The zero-order valence-electron chi connectivity index (χ0n) is 10.9. The number of nitrogens with zero attached hydrogens (tertiary/aromatic N) is 1. The summed E-state index contributed by atoms with van der Waals surface area (Å²) in [6.07, 6.45) is 4.01. The lowest BCUT2D eigenvalue weighted by molar-refractivity contribution is -0.120. The fraction of sp³-hybridized carbons (Fsp3) is 0.250. The lowest BCUT2D eigenvalue weighted by atomic mass is 10.1. The van der Waals surface area contributed by atoms with Crippen LogP contribution in [0.25, 0.3) is 0 Å². The van der Waals surface area contributed by atoms with Crippen LogP contribution in [0.3, 0.4) is 0 Å². The highest BCUT2D eigenvalue weighted by Crippen LogP contribution is 2.01. The van der Waals surface area contributed by atoms with Gasteiger partial charge in [-0.25, -0.2) is 0 Å². The molecule has 19 heavy (non-hydrogen) atoms. The zero-order chi connectivity index (χ0) is 13.3. The number of amides is 1. The fourth-order valence-corrected chi connectivity index (χ4v) is 1.89. The summed E-state index contributed by atoms with van der Waals surface area (Å²) < 4.78 is 0. The Labute approximate surface area is 113 Å². The van der Waals surface area contributed by atoms with Gasteiger partial charge in [0.1, 0.15) is 0 Å². The number of hydrogen-bond acceptors (Lipinski definition) is 2. The van der Waals surface area contributed by atoms with Gasteiger partial charge in [0, 0.05) is 18.4 Å². The maximum absolute atomic E-state index is 11.7. The minimum absolute atomic E-state index is 0.0340. The first kappa shape index (κ1) is 13.3. The van der Waals surface area contributed by atoms with Gasteiger partial charge in [0.25, 0.3) is 0 Å². The van der Waals surface area contributed by atoms with Crippen LogP contribution in [0.2, 0.25) is 0 Å². The second-order valence-electron chi connectivity index (χ2n) is 4.44. The van der Waals surface area contributed by atoms with Gasteiger partial charge in [0.15, 0.2) is 0 Å². The van der Waals surface area contributed by atoms with Gasteiger partial charge in [0.05, 0.1) is 6.42 Å². The quantitative estimate of drug-likeness (QED) is 0.804. The number of benzene rings is 1. The van der Waals surface area contributed by atoms with Gasteiger partial charge in [-0.05, 0) is 30.5 Å². The third kappa shape index (κ3) is 4.92. The van der Waals surface area contributed by atoms with Crippen LogP contribution in [-0.4, -0.2) is 17.4 Å². The van der Waals surface area contributed by atoms with Gasteiger partial charge < -0.3 is 5.32 Å². The van der Waals surface area contributed by atoms with Crippen LogP contribution in [0.15, 0.2) is 54.7 Å². The van der Waals surface area contributed by atoms with E-state index in [0.717, 1.165) is 18.5 Å². The van der Waals surface area contributed by atoms with E-state index < -0.39 is 0 Å². The van der Waals surface area contributed by atoms with Crippen LogP contribution in [0.1, 0.15) is 17.7 Å². The summed E-state index contributed by atoms with van der Waals surface area (Å²) in [6.45, 7) is 0.709. The van der Waals surface area contributed by atoms with Crippen molar-refractivity contribution in [3.63, 3.8) is 0 Å². The average Bonchev–Trinajstić information content (AvgIpc) is 2.46. The molecule has 1 N–H and O–H groups in total. The Morgan fingerprint density at radius 3 is 2.58 bits per heavy atom. The van der Waals surface area contributed by atoms with Crippen LogP contribution < -0.4 is 5.32 Å². The van der Waals surface area contributed by atoms with Gasteiger partial charge in [-0.2, -0.15) is 0 Å². The maximum Gasteiger partial charge on any atom is 0.226 e. The highest BCUT2D eigenvalue weighted by atomic mass is 16.1. The Balaban J connectivity index is 1.65. The van der Waals surface area contributed by atoms with Crippen molar-refractivity contribution in [3.05, 3.63) is 66.0 Å². The predicted molar refractivity (Wildman–Crippen MR) is 75.7 cm³/mol. The van der Waals surface area contributed by atoms with Gasteiger partial charge in [-0.3, -0.25) is 9.78 Å². The Hall–Kier alpha value is -2.16. The topological polar surface area (TPSA) is 42.0 Å². The second-order valence-corrected chi connectivity index (χ2v) is 4.44. The highest BCUT2D eigenvalue weighted by molar-refractivity contribution is 5.77. The largest absolute Gasteiger partial charge is 0.356 e. The molecule has 2 aromatic rings. The monoisotopic (exact) mass is 254 g/mol. The molecule has 1 aromatic heterocycles. The summed E-state index contributed by atoms with van der Waals surface area (Å²) in [7, 11) is 0. The molecule has 1 aromatic carbocycles. The van der Waals surface area contributed by atoms with E-state index in [9.17, 15) is 4.79 Å². The van der Waals surface area contributed by atoms with Crippen molar-refractivity contribution in [2.24, 2.45) is 0 Å². The molecule has 0 spiro atoms. The van der Waals surface area contributed by atoms with Crippen molar-refractivity contribution in [3.8, 4) is 0 Å². The molecule has 0 aliphatic rings. The third-order valence-corrected chi connectivity index (χ3v) is 2.88. The number of hydrogen-bond donors (Lipinski definition) is 1. The molecule has 0 unspecified atom stereocenters. The molecular formula is C16H18N2O. The highest BCUT2D eigenvalue weighted by Gasteiger charge is 2.02. The molecule has 0 radical (unpaired) electrons. The number of rotatable bonds is 6. The van der Waals surface area contributed by atoms with E-state index in [4.69, 9.17) is 0 Å². The van der Waals surface area contributed by atoms with E-state index in [1.54, 1.807) is 6.20 Å². The van der Waals surface area contributed by atoms with Gasteiger partial charge in [-0.1, -0.05) is 36.4 Å². The lowest BCUT2D eigenvalue weighted by Gasteiger charge is -2.05. The predicted octanol–water partition coefficient (Wildman–Crippen LogP) is 2.37. The zero-order valence-corrected chi connectivity index (χ0v) is 10.9. The standard InChI is InChI=1S/C16H18N2O/c19-16(13-15-10-4-5-11-17-15)18-12-6-9-14-7-2-1-3-8-14/h1-5,7-8,10-11H,6,9,12-13H2,(H,18,19). The van der Waals surface area contributed by atoms with Crippen molar-refractivity contribution < 1.29 is 4.79 Å². The van der Waals surface area contributed by atoms with Crippen molar-refractivity contribution >= 4 is 5.91 Å².